The fraction of sp³-hybridized carbons (Fsp3) is 0.579. The maximum Gasteiger partial charge on any atom is 0.245 e. The second-order valence-corrected chi connectivity index (χ2v) is 6.76. The molecule has 2 aliphatic heterocycles. The zero-order valence-corrected chi connectivity index (χ0v) is 14.6. The molecule has 0 saturated carbocycles. The van der Waals surface area contributed by atoms with Gasteiger partial charge in [-0.05, 0) is 24.8 Å². The summed E-state index contributed by atoms with van der Waals surface area (Å²) in [5.41, 5.74) is 7.16. The predicted molar refractivity (Wildman–Crippen MR) is 94.7 cm³/mol. The summed E-state index contributed by atoms with van der Waals surface area (Å²) >= 11 is 0. The zero-order valence-electron chi connectivity index (χ0n) is 14.6. The van der Waals surface area contributed by atoms with Crippen LogP contribution in [0.4, 0.5) is 0 Å². The number of ether oxygens (including phenoxy) is 1. The molecule has 3 rings (SSSR count). The van der Waals surface area contributed by atoms with E-state index in [1.165, 1.54) is 0 Å². The Kier molecular flexibility index (Phi) is 6.04. The number of nitrogens with two attached hydrogens (primary N) is 1. The molecule has 0 radical (unpaired) electrons. The lowest BCUT2D eigenvalue weighted by molar-refractivity contribution is -0.150. The Hall–Kier alpha value is -1.92. The number of hydrogen-bond acceptors (Lipinski definition) is 4. The Morgan fingerprint density at radius 1 is 1.12 bits per heavy atom. The molecule has 6 heteroatoms. The average Bonchev–Trinajstić information content (AvgIpc) is 2.68. The Bertz CT molecular complexity index is 587. The minimum absolute atomic E-state index is 0.0253. The molecule has 2 amide bonds. The van der Waals surface area contributed by atoms with Crippen molar-refractivity contribution in [3.8, 4) is 0 Å². The topological polar surface area (TPSA) is 75.9 Å². The minimum atomic E-state index is -0.345. The standard InChI is InChI=1S/C19H27N3O3/c20-16(15-6-2-1-3-7-15)14-18(23)22-9-5-4-8-17(22)19(24)21-10-12-25-13-11-21/h1-3,6-7,16-17H,4-5,8-14,20H2. The van der Waals surface area contributed by atoms with Crippen molar-refractivity contribution < 1.29 is 14.3 Å². The first-order valence-corrected chi connectivity index (χ1v) is 9.13. The van der Waals surface area contributed by atoms with Gasteiger partial charge >= 0.3 is 0 Å². The van der Waals surface area contributed by atoms with Gasteiger partial charge in [-0.3, -0.25) is 9.59 Å². The van der Waals surface area contributed by atoms with Crippen LogP contribution in [-0.2, 0) is 14.3 Å². The average molecular weight is 345 g/mol. The van der Waals surface area contributed by atoms with E-state index in [2.05, 4.69) is 0 Å². The second-order valence-electron chi connectivity index (χ2n) is 6.76. The van der Waals surface area contributed by atoms with E-state index in [4.69, 9.17) is 10.5 Å². The molecule has 1 aromatic rings. The van der Waals surface area contributed by atoms with Crippen molar-refractivity contribution in [2.75, 3.05) is 32.8 Å². The lowest BCUT2D eigenvalue weighted by Crippen LogP contribution is -2.55. The molecule has 2 aliphatic rings. The van der Waals surface area contributed by atoms with Gasteiger partial charge in [-0.15, -0.1) is 0 Å². The van der Waals surface area contributed by atoms with Crippen molar-refractivity contribution in [1.82, 2.24) is 9.80 Å². The van der Waals surface area contributed by atoms with E-state index in [1.54, 1.807) is 4.90 Å². The van der Waals surface area contributed by atoms with Crippen molar-refractivity contribution in [1.29, 1.82) is 0 Å². The van der Waals surface area contributed by atoms with Gasteiger partial charge in [0.25, 0.3) is 0 Å². The summed E-state index contributed by atoms with van der Waals surface area (Å²) in [5.74, 6) is 0.0345. The molecule has 0 bridgehead atoms. The first kappa shape index (κ1) is 17.9. The van der Waals surface area contributed by atoms with Crippen molar-refractivity contribution in [2.24, 2.45) is 5.73 Å². The number of morpholine rings is 1. The Morgan fingerprint density at radius 2 is 1.84 bits per heavy atom. The number of rotatable bonds is 4. The molecule has 0 aliphatic carbocycles. The number of benzene rings is 1. The third-order valence-electron chi connectivity index (χ3n) is 5.05. The number of nitrogens with zero attached hydrogens (tertiary/aromatic N) is 2. The highest BCUT2D eigenvalue weighted by atomic mass is 16.5. The first-order valence-electron chi connectivity index (χ1n) is 9.13. The molecule has 2 fully saturated rings. The highest BCUT2D eigenvalue weighted by Crippen LogP contribution is 2.23. The summed E-state index contributed by atoms with van der Waals surface area (Å²) in [6, 6.07) is 8.96. The molecule has 25 heavy (non-hydrogen) atoms. The van der Waals surface area contributed by atoms with Crippen LogP contribution < -0.4 is 5.73 Å². The highest BCUT2D eigenvalue weighted by molar-refractivity contribution is 5.88. The van der Waals surface area contributed by atoms with E-state index in [0.717, 1.165) is 24.8 Å². The number of carbonyl (C=O) groups excluding carboxylic acids is 2. The van der Waals surface area contributed by atoms with Crippen LogP contribution in [0.2, 0.25) is 0 Å². The Labute approximate surface area is 148 Å². The molecule has 2 unspecified atom stereocenters. The second kappa shape index (κ2) is 8.45. The largest absolute Gasteiger partial charge is 0.378 e. The molecule has 1 aromatic carbocycles. The molecule has 2 atom stereocenters. The lowest BCUT2D eigenvalue weighted by atomic mass is 9.98. The van der Waals surface area contributed by atoms with Crippen molar-refractivity contribution in [3.05, 3.63) is 35.9 Å². The van der Waals surface area contributed by atoms with Crippen LogP contribution in [0.1, 0.15) is 37.3 Å². The summed E-state index contributed by atoms with van der Waals surface area (Å²) in [5, 5.41) is 0. The van der Waals surface area contributed by atoms with Crippen molar-refractivity contribution in [2.45, 2.75) is 37.8 Å². The first-order chi connectivity index (χ1) is 12.2. The van der Waals surface area contributed by atoms with Crippen LogP contribution in [0.25, 0.3) is 0 Å². The van der Waals surface area contributed by atoms with Gasteiger partial charge in [0.15, 0.2) is 0 Å². The molecular weight excluding hydrogens is 318 g/mol. The highest BCUT2D eigenvalue weighted by Gasteiger charge is 2.35. The normalized spacial score (nSPS) is 22.5. The molecule has 136 valence electrons. The third-order valence-corrected chi connectivity index (χ3v) is 5.05. The monoisotopic (exact) mass is 345 g/mol. The number of carbonyl (C=O) groups is 2. The van der Waals surface area contributed by atoms with Gasteiger partial charge in [0.1, 0.15) is 6.04 Å². The van der Waals surface area contributed by atoms with Gasteiger partial charge < -0.3 is 20.3 Å². The number of piperidine rings is 1. The zero-order chi connectivity index (χ0) is 17.6. The molecular formula is C19H27N3O3. The molecule has 2 heterocycles. The van der Waals surface area contributed by atoms with Crippen molar-refractivity contribution >= 4 is 11.8 Å². The fourth-order valence-corrected chi connectivity index (χ4v) is 3.60. The summed E-state index contributed by atoms with van der Waals surface area (Å²) in [6.07, 6.45) is 2.90. The molecule has 6 nitrogen and oxygen atoms in total. The van der Waals surface area contributed by atoms with Gasteiger partial charge in [0.05, 0.1) is 13.2 Å². The summed E-state index contributed by atoms with van der Waals surface area (Å²) in [6.45, 7) is 3.01. The lowest BCUT2D eigenvalue weighted by Gasteiger charge is -2.39. The maximum absolute atomic E-state index is 12.9. The molecule has 0 aromatic heterocycles. The van der Waals surface area contributed by atoms with Crippen LogP contribution in [0.3, 0.4) is 0 Å². The maximum atomic E-state index is 12.9. The smallest absolute Gasteiger partial charge is 0.245 e. The quantitative estimate of drug-likeness (QED) is 0.893. The van der Waals surface area contributed by atoms with Gasteiger partial charge in [-0.2, -0.15) is 0 Å². The van der Waals surface area contributed by atoms with E-state index < -0.39 is 0 Å². The van der Waals surface area contributed by atoms with Gasteiger partial charge in [-0.25, -0.2) is 0 Å². The van der Waals surface area contributed by atoms with Gasteiger partial charge in [0, 0.05) is 32.1 Å². The van der Waals surface area contributed by atoms with Crippen LogP contribution in [0, 0.1) is 0 Å². The summed E-state index contributed by atoms with van der Waals surface area (Å²) in [4.78, 5) is 29.3. The van der Waals surface area contributed by atoms with Gasteiger partial charge in [-0.1, -0.05) is 30.3 Å². The summed E-state index contributed by atoms with van der Waals surface area (Å²) in [7, 11) is 0. The molecule has 0 spiro atoms. The minimum Gasteiger partial charge on any atom is -0.378 e. The van der Waals surface area contributed by atoms with E-state index in [-0.39, 0.29) is 30.3 Å². The van der Waals surface area contributed by atoms with E-state index in [9.17, 15) is 9.59 Å². The van der Waals surface area contributed by atoms with E-state index >= 15 is 0 Å². The van der Waals surface area contributed by atoms with Gasteiger partial charge in [0.2, 0.25) is 11.8 Å². The number of amides is 2. The van der Waals surface area contributed by atoms with Crippen molar-refractivity contribution in [3.63, 3.8) is 0 Å². The van der Waals surface area contributed by atoms with Crippen LogP contribution in [0.15, 0.2) is 30.3 Å². The summed E-state index contributed by atoms with van der Waals surface area (Å²) < 4.78 is 5.32. The number of hydrogen-bond donors (Lipinski definition) is 1. The Morgan fingerprint density at radius 3 is 2.56 bits per heavy atom. The third kappa shape index (κ3) is 4.38. The molecule has 2 saturated heterocycles. The predicted octanol–water partition coefficient (Wildman–Crippen LogP) is 1.32. The SMILES string of the molecule is NC(CC(=O)N1CCCCC1C(=O)N1CCOCC1)c1ccccc1. The van der Waals surface area contributed by atoms with Crippen LogP contribution in [-0.4, -0.2) is 60.5 Å². The van der Waals surface area contributed by atoms with E-state index in [0.29, 0.717) is 32.8 Å². The van der Waals surface area contributed by atoms with E-state index in [1.807, 2.05) is 35.2 Å². The van der Waals surface area contributed by atoms with Crippen LogP contribution >= 0.6 is 0 Å². The Balaban J connectivity index is 1.65. The number of likely N-dealkylation sites (tertiary alicyclic amines) is 1. The van der Waals surface area contributed by atoms with Crippen LogP contribution in [0.5, 0.6) is 0 Å². The molecule has 2 N–H and O–H groups in total. The fourth-order valence-electron chi connectivity index (χ4n) is 3.60.